The average Bonchev–Trinajstić information content (AvgIpc) is 2.53. The number of nitrogens with zero attached hydrogens (tertiary/aromatic N) is 1. The fourth-order valence-corrected chi connectivity index (χ4v) is 2.43. The molecule has 0 saturated carbocycles. The lowest BCUT2D eigenvalue weighted by Gasteiger charge is -2.20. The van der Waals surface area contributed by atoms with Gasteiger partial charge in [0.2, 0.25) is 0 Å². The molecule has 2 rings (SSSR count). The Balaban J connectivity index is 2.15. The molecule has 0 fully saturated rings. The van der Waals surface area contributed by atoms with Crippen LogP contribution in [0.15, 0.2) is 42.7 Å². The molecule has 112 valence electrons. The summed E-state index contributed by atoms with van der Waals surface area (Å²) in [5.41, 5.74) is 1.86. The molecule has 21 heavy (non-hydrogen) atoms. The zero-order valence-electron chi connectivity index (χ0n) is 12.5. The smallest absolute Gasteiger partial charge is 0.169 e. The van der Waals surface area contributed by atoms with Crippen LogP contribution >= 0.6 is 0 Å². The lowest BCUT2D eigenvalue weighted by atomic mass is 9.98. The zero-order chi connectivity index (χ0) is 15.1. The van der Waals surface area contributed by atoms with Crippen molar-refractivity contribution in [3.05, 3.63) is 59.7 Å². The third-order valence-electron chi connectivity index (χ3n) is 3.51. The van der Waals surface area contributed by atoms with Crippen molar-refractivity contribution in [2.24, 2.45) is 0 Å². The highest BCUT2D eigenvalue weighted by atomic mass is 19.1. The van der Waals surface area contributed by atoms with Crippen LogP contribution in [0, 0.1) is 5.82 Å². The van der Waals surface area contributed by atoms with Gasteiger partial charge >= 0.3 is 0 Å². The van der Waals surface area contributed by atoms with Gasteiger partial charge in [0.05, 0.1) is 7.11 Å². The molecule has 0 saturated heterocycles. The number of benzene rings is 1. The predicted molar refractivity (Wildman–Crippen MR) is 81.9 cm³/mol. The molecular weight excluding hydrogens is 267 g/mol. The second kappa shape index (κ2) is 7.74. The Bertz CT molecular complexity index is 560. The van der Waals surface area contributed by atoms with Gasteiger partial charge in [-0.05, 0) is 43.1 Å². The zero-order valence-corrected chi connectivity index (χ0v) is 12.5. The molecule has 0 radical (unpaired) electrons. The summed E-state index contributed by atoms with van der Waals surface area (Å²) in [6, 6.07) is 9.24. The van der Waals surface area contributed by atoms with Crippen molar-refractivity contribution >= 4 is 0 Å². The van der Waals surface area contributed by atoms with Crippen molar-refractivity contribution in [1.82, 2.24) is 10.3 Å². The maximum absolute atomic E-state index is 14.4. The van der Waals surface area contributed by atoms with E-state index in [1.165, 1.54) is 12.7 Å². The summed E-state index contributed by atoms with van der Waals surface area (Å²) in [6.07, 6.45) is 5.26. The number of aryl methyl sites for hydroxylation is 1. The standard InChI is InChI=1S/C17H21FN2O/c1-3-20-15(8-7-13-9-11-19-12-10-13)14-5-4-6-16(21-2)17(14)18/h4-6,9-12,15,20H,3,7-8H2,1-2H3. The Morgan fingerprint density at radius 3 is 2.67 bits per heavy atom. The first-order valence-electron chi connectivity index (χ1n) is 7.21. The summed E-state index contributed by atoms with van der Waals surface area (Å²) in [6.45, 7) is 2.81. The Labute approximate surface area is 125 Å². The van der Waals surface area contributed by atoms with E-state index in [0.29, 0.717) is 11.3 Å². The highest BCUT2D eigenvalue weighted by Crippen LogP contribution is 2.27. The molecule has 1 atom stereocenters. The molecule has 0 aliphatic rings. The van der Waals surface area contributed by atoms with Gasteiger partial charge in [-0.15, -0.1) is 0 Å². The Morgan fingerprint density at radius 2 is 2.00 bits per heavy atom. The van der Waals surface area contributed by atoms with E-state index in [0.717, 1.165) is 19.4 Å². The first-order chi connectivity index (χ1) is 10.3. The molecule has 2 aromatic rings. The Kier molecular flexibility index (Phi) is 5.69. The van der Waals surface area contributed by atoms with Crippen LogP contribution in [0.5, 0.6) is 5.75 Å². The minimum Gasteiger partial charge on any atom is -0.494 e. The summed E-state index contributed by atoms with van der Waals surface area (Å²) in [5, 5.41) is 3.35. The van der Waals surface area contributed by atoms with E-state index in [1.54, 1.807) is 18.5 Å². The van der Waals surface area contributed by atoms with Crippen molar-refractivity contribution in [2.45, 2.75) is 25.8 Å². The Hall–Kier alpha value is -1.94. The molecule has 1 aromatic carbocycles. The highest BCUT2D eigenvalue weighted by molar-refractivity contribution is 5.33. The maximum atomic E-state index is 14.4. The van der Waals surface area contributed by atoms with Gasteiger partial charge in [0.15, 0.2) is 11.6 Å². The van der Waals surface area contributed by atoms with E-state index in [-0.39, 0.29) is 11.9 Å². The van der Waals surface area contributed by atoms with Gasteiger partial charge in [0, 0.05) is 24.0 Å². The molecule has 4 heteroatoms. The number of aromatic nitrogens is 1. The molecular formula is C17H21FN2O. The summed E-state index contributed by atoms with van der Waals surface area (Å²) in [4.78, 5) is 4.01. The van der Waals surface area contributed by atoms with Gasteiger partial charge in [0.25, 0.3) is 0 Å². The normalized spacial score (nSPS) is 12.1. The van der Waals surface area contributed by atoms with Crippen molar-refractivity contribution in [1.29, 1.82) is 0 Å². The van der Waals surface area contributed by atoms with E-state index in [2.05, 4.69) is 10.3 Å². The molecule has 1 heterocycles. The van der Waals surface area contributed by atoms with Crippen LogP contribution in [0.4, 0.5) is 4.39 Å². The van der Waals surface area contributed by atoms with Crippen LogP contribution in [-0.4, -0.2) is 18.6 Å². The minimum atomic E-state index is -0.277. The number of hydrogen-bond acceptors (Lipinski definition) is 3. The molecule has 1 aromatic heterocycles. The van der Waals surface area contributed by atoms with E-state index in [4.69, 9.17) is 4.74 Å². The van der Waals surface area contributed by atoms with Gasteiger partial charge in [-0.25, -0.2) is 4.39 Å². The van der Waals surface area contributed by atoms with Crippen LogP contribution in [0.2, 0.25) is 0 Å². The van der Waals surface area contributed by atoms with E-state index < -0.39 is 0 Å². The van der Waals surface area contributed by atoms with Crippen LogP contribution in [0.3, 0.4) is 0 Å². The van der Waals surface area contributed by atoms with Gasteiger partial charge in [-0.2, -0.15) is 0 Å². The van der Waals surface area contributed by atoms with Crippen molar-refractivity contribution < 1.29 is 9.13 Å². The van der Waals surface area contributed by atoms with E-state index in [9.17, 15) is 4.39 Å². The van der Waals surface area contributed by atoms with Crippen LogP contribution in [0.25, 0.3) is 0 Å². The second-order valence-electron chi connectivity index (χ2n) is 4.87. The molecule has 0 bridgehead atoms. The topological polar surface area (TPSA) is 34.2 Å². The predicted octanol–water partition coefficient (Wildman–Crippen LogP) is 3.51. The van der Waals surface area contributed by atoms with Crippen LogP contribution in [-0.2, 0) is 6.42 Å². The molecule has 0 aliphatic heterocycles. The first kappa shape index (κ1) is 15.4. The fourth-order valence-electron chi connectivity index (χ4n) is 2.43. The van der Waals surface area contributed by atoms with E-state index in [1.807, 2.05) is 31.2 Å². The number of nitrogens with one attached hydrogen (secondary N) is 1. The molecule has 0 aliphatic carbocycles. The third kappa shape index (κ3) is 4.02. The van der Waals surface area contributed by atoms with Gasteiger partial charge in [0.1, 0.15) is 0 Å². The summed E-state index contributed by atoms with van der Waals surface area (Å²) in [5.74, 6) is 0.0139. The molecule has 3 nitrogen and oxygen atoms in total. The Morgan fingerprint density at radius 1 is 1.24 bits per heavy atom. The van der Waals surface area contributed by atoms with Crippen LogP contribution < -0.4 is 10.1 Å². The number of pyridine rings is 1. The highest BCUT2D eigenvalue weighted by Gasteiger charge is 2.17. The average molecular weight is 288 g/mol. The quantitative estimate of drug-likeness (QED) is 0.846. The molecule has 1 unspecified atom stereocenters. The lowest BCUT2D eigenvalue weighted by molar-refractivity contribution is 0.378. The monoisotopic (exact) mass is 288 g/mol. The fraction of sp³-hybridized carbons (Fsp3) is 0.353. The van der Waals surface area contributed by atoms with Gasteiger partial charge < -0.3 is 10.1 Å². The SMILES string of the molecule is CCNC(CCc1ccncc1)c1cccc(OC)c1F. The first-order valence-corrected chi connectivity index (χ1v) is 7.21. The molecule has 1 N–H and O–H groups in total. The number of methoxy groups -OCH3 is 1. The van der Waals surface area contributed by atoms with Crippen molar-refractivity contribution in [2.75, 3.05) is 13.7 Å². The maximum Gasteiger partial charge on any atom is 0.169 e. The number of rotatable bonds is 7. The van der Waals surface area contributed by atoms with Crippen LogP contribution in [0.1, 0.15) is 30.5 Å². The summed E-state index contributed by atoms with van der Waals surface area (Å²) < 4.78 is 19.5. The van der Waals surface area contributed by atoms with Gasteiger partial charge in [-0.3, -0.25) is 4.98 Å². The molecule has 0 spiro atoms. The number of halogens is 1. The number of hydrogen-bond donors (Lipinski definition) is 1. The lowest BCUT2D eigenvalue weighted by Crippen LogP contribution is -2.22. The van der Waals surface area contributed by atoms with E-state index >= 15 is 0 Å². The largest absolute Gasteiger partial charge is 0.494 e. The number of ether oxygens (including phenoxy) is 1. The van der Waals surface area contributed by atoms with Crippen molar-refractivity contribution in [3.63, 3.8) is 0 Å². The van der Waals surface area contributed by atoms with Gasteiger partial charge in [-0.1, -0.05) is 19.1 Å². The summed E-state index contributed by atoms with van der Waals surface area (Å²) >= 11 is 0. The third-order valence-corrected chi connectivity index (χ3v) is 3.51. The van der Waals surface area contributed by atoms with Crippen molar-refractivity contribution in [3.8, 4) is 5.75 Å². The second-order valence-corrected chi connectivity index (χ2v) is 4.87. The molecule has 0 amide bonds. The summed E-state index contributed by atoms with van der Waals surface area (Å²) in [7, 11) is 1.49. The minimum absolute atomic E-state index is 0.0294.